The van der Waals surface area contributed by atoms with Crippen LogP contribution in [0.2, 0.25) is 0 Å². The van der Waals surface area contributed by atoms with Gasteiger partial charge in [-0.1, -0.05) is 38.1 Å². The summed E-state index contributed by atoms with van der Waals surface area (Å²) in [6, 6.07) is 17.1. The topological polar surface area (TPSA) is 88.0 Å². The lowest BCUT2D eigenvalue weighted by molar-refractivity contribution is -0.132. The van der Waals surface area contributed by atoms with Crippen molar-refractivity contribution >= 4 is 22.7 Å². The van der Waals surface area contributed by atoms with Crippen molar-refractivity contribution in [3.63, 3.8) is 0 Å². The van der Waals surface area contributed by atoms with Crippen LogP contribution < -0.4 is 9.47 Å². The minimum absolute atomic E-state index is 0.0428. The van der Waals surface area contributed by atoms with Crippen LogP contribution in [0, 0.1) is 5.92 Å². The summed E-state index contributed by atoms with van der Waals surface area (Å²) in [5.41, 5.74) is 3.10. The zero-order valence-electron chi connectivity index (χ0n) is 22.4. The monoisotopic (exact) mass is 517 g/mol. The van der Waals surface area contributed by atoms with Crippen molar-refractivity contribution in [3.05, 3.63) is 83.9 Å². The summed E-state index contributed by atoms with van der Waals surface area (Å²) in [6.07, 6.45) is 4.13. The molecule has 0 fully saturated rings. The van der Waals surface area contributed by atoms with Crippen LogP contribution in [-0.2, 0) is 17.8 Å². The Hall–Kier alpha value is -4.20. The van der Waals surface area contributed by atoms with Crippen LogP contribution in [0.5, 0.6) is 11.5 Å². The molecule has 2 aromatic heterocycles. The number of carbonyl (C=O) groups is 2. The quantitative estimate of drug-likeness (QED) is 0.281. The van der Waals surface area contributed by atoms with E-state index in [4.69, 9.17) is 13.9 Å². The van der Waals surface area contributed by atoms with E-state index < -0.39 is 0 Å². The van der Waals surface area contributed by atoms with E-state index in [-0.39, 0.29) is 30.0 Å². The normalized spacial score (nSPS) is 11.1. The lowest BCUT2D eigenvalue weighted by atomic mass is 10.1. The fourth-order valence-electron chi connectivity index (χ4n) is 4.56. The van der Waals surface area contributed by atoms with Gasteiger partial charge in [-0.25, -0.2) is 0 Å². The second-order valence-electron chi connectivity index (χ2n) is 9.67. The number of nitrogens with zero attached hydrogens (tertiary/aromatic N) is 2. The largest absolute Gasteiger partial charge is 0.493 e. The molecule has 0 saturated heterocycles. The summed E-state index contributed by atoms with van der Waals surface area (Å²) in [7, 11) is 3.18. The number of amides is 2. The van der Waals surface area contributed by atoms with E-state index in [2.05, 4.69) is 11.1 Å². The molecular formula is C30H35N3O5. The number of H-pyrrole nitrogens is 1. The van der Waals surface area contributed by atoms with E-state index in [1.54, 1.807) is 36.2 Å². The standard InChI is InChI=1S/C30H35N3O5/c1-21(2)18-33(30(35)27-10-7-15-38-27)20-29(34)32(19-22-11-12-26(36-3)28(16-22)37-4)14-13-23-17-31-25-9-6-5-8-24(23)25/h5-12,15-17,21,31H,13-14,18-20H2,1-4H3. The number of hydrogen-bond donors (Lipinski definition) is 1. The van der Waals surface area contributed by atoms with Crippen molar-refractivity contribution in [2.24, 2.45) is 5.92 Å². The molecule has 0 bridgehead atoms. The molecule has 200 valence electrons. The number of hydrogen-bond acceptors (Lipinski definition) is 5. The first kappa shape index (κ1) is 26.9. The SMILES string of the molecule is COc1ccc(CN(CCc2c[nH]c3ccccc23)C(=O)CN(CC(C)C)C(=O)c2ccco2)cc1OC. The Morgan fingerprint density at radius 3 is 2.47 bits per heavy atom. The first-order valence-electron chi connectivity index (χ1n) is 12.8. The van der Waals surface area contributed by atoms with E-state index in [1.807, 2.05) is 56.4 Å². The molecular weight excluding hydrogens is 482 g/mol. The molecule has 0 radical (unpaired) electrons. The molecule has 0 saturated carbocycles. The van der Waals surface area contributed by atoms with Gasteiger partial charge in [-0.15, -0.1) is 0 Å². The third kappa shape index (κ3) is 6.37. The Bertz CT molecular complexity index is 1360. The van der Waals surface area contributed by atoms with E-state index in [0.29, 0.717) is 37.6 Å². The highest BCUT2D eigenvalue weighted by atomic mass is 16.5. The van der Waals surface area contributed by atoms with Gasteiger partial charge >= 0.3 is 0 Å². The molecule has 0 aliphatic heterocycles. The average molecular weight is 518 g/mol. The van der Waals surface area contributed by atoms with Crippen LogP contribution >= 0.6 is 0 Å². The molecule has 2 aromatic carbocycles. The molecule has 0 aliphatic rings. The van der Waals surface area contributed by atoms with Crippen LogP contribution in [0.3, 0.4) is 0 Å². The Morgan fingerprint density at radius 1 is 0.974 bits per heavy atom. The fraction of sp³-hybridized carbons (Fsp3) is 0.333. The van der Waals surface area contributed by atoms with Crippen molar-refractivity contribution in [1.29, 1.82) is 0 Å². The zero-order chi connectivity index (χ0) is 27.1. The van der Waals surface area contributed by atoms with Crippen molar-refractivity contribution < 1.29 is 23.5 Å². The molecule has 4 rings (SSSR count). The number of ether oxygens (including phenoxy) is 2. The van der Waals surface area contributed by atoms with Gasteiger partial charge in [0.1, 0.15) is 6.54 Å². The van der Waals surface area contributed by atoms with Gasteiger partial charge < -0.3 is 28.7 Å². The number of aromatic amines is 1. The van der Waals surface area contributed by atoms with Crippen LogP contribution in [0.1, 0.15) is 35.5 Å². The number of fused-ring (bicyclic) bond motifs is 1. The highest BCUT2D eigenvalue weighted by molar-refractivity contribution is 5.94. The summed E-state index contributed by atoms with van der Waals surface area (Å²) in [5.74, 6) is 1.21. The molecule has 0 atom stereocenters. The number of rotatable bonds is 12. The van der Waals surface area contributed by atoms with Gasteiger partial charge in [0.05, 0.1) is 20.5 Å². The maximum atomic E-state index is 13.8. The third-order valence-corrected chi connectivity index (χ3v) is 6.43. The van der Waals surface area contributed by atoms with Gasteiger partial charge in [0.2, 0.25) is 5.91 Å². The minimum Gasteiger partial charge on any atom is -0.493 e. The summed E-state index contributed by atoms with van der Waals surface area (Å²) in [5, 5.41) is 1.14. The summed E-state index contributed by atoms with van der Waals surface area (Å²) >= 11 is 0. The Balaban J connectivity index is 1.58. The molecule has 2 amide bonds. The second kappa shape index (κ2) is 12.4. The van der Waals surface area contributed by atoms with Crippen LogP contribution in [-0.4, -0.2) is 60.5 Å². The van der Waals surface area contributed by atoms with Crippen LogP contribution in [0.15, 0.2) is 71.5 Å². The van der Waals surface area contributed by atoms with Gasteiger partial charge in [-0.05, 0) is 53.8 Å². The molecule has 0 spiro atoms. The highest BCUT2D eigenvalue weighted by Gasteiger charge is 2.25. The van der Waals surface area contributed by atoms with Gasteiger partial charge in [0, 0.05) is 36.7 Å². The maximum Gasteiger partial charge on any atom is 0.290 e. The molecule has 2 heterocycles. The third-order valence-electron chi connectivity index (χ3n) is 6.43. The van der Waals surface area contributed by atoms with Gasteiger partial charge in [0.15, 0.2) is 17.3 Å². The first-order chi connectivity index (χ1) is 18.4. The number of furan rings is 1. The number of para-hydroxylation sites is 1. The molecule has 0 unspecified atom stereocenters. The molecule has 4 aromatic rings. The Morgan fingerprint density at radius 2 is 1.76 bits per heavy atom. The van der Waals surface area contributed by atoms with Gasteiger partial charge in [0.25, 0.3) is 5.91 Å². The molecule has 8 heteroatoms. The fourth-order valence-corrected chi connectivity index (χ4v) is 4.56. The lowest BCUT2D eigenvalue weighted by Crippen LogP contribution is -2.44. The van der Waals surface area contributed by atoms with Crippen LogP contribution in [0.4, 0.5) is 0 Å². The van der Waals surface area contributed by atoms with Crippen molar-refractivity contribution in [1.82, 2.24) is 14.8 Å². The number of methoxy groups -OCH3 is 2. The van der Waals surface area contributed by atoms with Crippen molar-refractivity contribution in [2.45, 2.75) is 26.8 Å². The average Bonchev–Trinajstić information content (AvgIpc) is 3.60. The second-order valence-corrected chi connectivity index (χ2v) is 9.67. The minimum atomic E-state index is -0.292. The molecule has 1 N–H and O–H groups in total. The number of carbonyl (C=O) groups excluding carboxylic acids is 2. The van der Waals surface area contributed by atoms with Crippen LogP contribution in [0.25, 0.3) is 10.9 Å². The maximum absolute atomic E-state index is 13.8. The molecule has 8 nitrogen and oxygen atoms in total. The molecule has 38 heavy (non-hydrogen) atoms. The van der Waals surface area contributed by atoms with E-state index in [1.165, 1.54) is 6.26 Å². The Labute approximate surface area is 223 Å². The van der Waals surface area contributed by atoms with Crippen molar-refractivity contribution in [3.8, 4) is 11.5 Å². The van der Waals surface area contributed by atoms with Gasteiger partial charge in [-0.2, -0.15) is 0 Å². The smallest absolute Gasteiger partial charge is 0.290 e. The van der Waals surface area contributed by atoms with E-state index in [9.17, 15) is 9.59 Å². The molecule has 0 aliphatic carbocycles. The summed E-state index contributed by atoms with van der Waals surface area (Å²) in [6.45, 7) is 5.29. The predicted molar refractivity (Wildman–Crippen MR) is 146 cm³/mol. The van der Waals surface area contributed by atoms with Crippen molar-refractivity contribution in [2.75, 3.05) is 33.9 Å². The number of aromatic nitrogens is 1. The van der Waals surface area contributed by atoms with E-state index in [0.717, 1.165) is 22.0 Å². The predicted octanol–water partition coefficient (Wildman–Crippen LogP) is 5.15. The summed E-state index contributed by atoms with van der Waals surface area (Å²) in [4.78, 5) is 33.6. The highest BCUT2D eigenvalue weighted by Crippen LogP contribution is 2.28. The Kier molecular flexibility index (Phi) is 8.73. The zero-order valence-corrected chi connectivity index (χ0v) is 22.4. The number of nitrogens with one attached hydrogen (secondary N) is 1. The number of benzene rings is 2. The van der Waals surface area contributed by atoms with E-state index >= 15 is 0 Å². The lowest BCUT2D eigenvalue weighted by Gasteiger charge is -2.28. The summed E-state index contributed by atoms with van der Waals surface area (Å²) < 4.78 is 16.2. The first-order valence-corrected chi connectivity index (χ1v) is 12.8. The van der Waals surface area contributed by atoms with Gasteiger partial charge in [-0.3, -0.25) is 9.59 Å².